The Morgan fingerprint density at radius 2 is 1.86 bits per heavy atom. The number of nitrogens with one attached hydrogen (secondary N) is 1. The van der Waals surface area contributed by atoms with Gasteiger partial charge in [-0.2, -0.15) is 0 Å². The van der Waals surface area contributed by atoms with E-state index < -0.39 is 0 Å². The molecule has 5 rings (SSSR count). The molecule has 0 unspecified atom stereocenters. The Kier molecular flexibility index (Phi) is 8.45. The zero-order chi connectivity index (χ0) is 25.6. The summed E-state index contributed by atoms with van der Waals surface area (Å²) in [7, 11) is 0. The SMILES string of the molecule is CSc1ccc(NC(=O)N(CCc2csc3nc(-c4ccc(C)cc4)cn23)CCN2CCOCC2)cc1. The number of aromatic nitrogens is 2. The number of aryl methyl sites for hydroxylation is 1. The molecule has 1 N–H and O–H groups in total. The molecule has 37 heavy (non-hydrogen) atoms. The number of hydrogen-bond donors (Lipinski definition) is 1. The predicted molar refractivity (Wildman–Crippen MR) is 153 cm³/mol. The van der Waals surface area contributed by atoms with Crippen molar-refractivity contribution in [1.82, 2.24) is 19.2 Å². The second-order valence-electron chi connectivity index (χ2n) is 9.22. The predicted octanol–water partition coefficient (Wildman–Crippen LogP) is 5.50. The molecule has 0 spiro atoms. The van der Waals surface area contributed by atoms with E-state index in [2.05, 4.69) is 57.4 Å². The van der Waals surface area contributed by atoms with Crippen LogP contribution in [0.5, 0.6) is 0 Å². The molecule has 0 aliphatic carbocycles. The van der Waals surface area contributed by atoms with Crippen molar-refractivity contribution in [3.63, 3.8) is 0 Å². The third-order valence-electron chi connectivity index (χ3n) is 6.69. The van der Waals surface area contributed by atoms with Crippen LogP contribution in [-0.4, -0.2) is 77.4 Å². The van der Waals surface area contributed by atoms with E-state index in [0.29, 0.717) is 13.1 Å². The normalized spacial score (nSPS) is 14.2. The van der Waals surface area contributed by atoms with Gasteiger partial charge in [-0.25, -0.2) is 9.78 Å². The number of fused-ring (bicyclic) bond motifs is 1. The van der Waals surface area contributed by atoms with Gasteiger partial charge >= 0.3 is 6.03 Å². The zero-order valence-electron chi connectivity index (χ0n) is 21.4. The van der Waals surface area contributed by atoms with Gasteiger partial charge in [0.15, 0.2) is 4.96 Å². The van der Waals surface area contributed by atoms with Crippen LogP contribution in [0.3, 0.4) is 0 Å². The molecule has 0 radical (unpaired) electrons. The lowest BCUT2D eigenvalue weighted by molar-refractivity contribution is 0.0352. The lowest BCUT2D eigenvalue weighted by Crippen LogP contribution is -2.45. The highest BCUT2D eigenvalue weighted by Gasteiger charge is 2.18. The number of imidazole rings is 1. The number of amides is 2. The van der Waals surface area contributed by atoms with Crippen LogP contribution >= 0.6 is 23.1 Å². The van der Waals surface area contributed by atoms with Crippen molar-refractivity contribution in [2.24, 2.45) is 0 Å². The highest BCUT2D eigenvalue weighted by Crippen LogP contribution is 2.24. The Hall–Kier alpha value is -2.85. The fourth-order valence-electron chi connectivity index (χ4n) is 4.40. The van der Waals surface area contributed by atoms with Crippen LogP contribution in [0, 0.1) is 6.92 Å². The Balaban J connectivity index is 1.28. The van der Waals surface area contributed by atoms with Gasteiger partial charge in [0, 0.05) is 72.6 Å². The van der Waals surface area contributed by atoms with E-state index in [9.17, 15) is 4.79 Å². The summed E-state index contributed by atoms with van der Waals surface area (Å²) in [4.78, 5) is 24.6. The molecule has 0 bridgehead atoms. The highest BCUT2D eigenvalue weighted by molar-refractivity contribution is 7.98. The number of carbonyl (C=O) groups excluding carboxylic acids is 1. The fraction of sp³-hybridized carbons (Fsp3) is 0.357. The number of nitrogens with zero attached hydrogens (tertiary/aromatic N) is 4. The number of morpholine rings is 1. The quantitative estimate of drug-likeness (QED) is 0.287. The molecule has 3 heterocycles. The molecule has 2 aromatic carbocycles. The van der Waals surface area contributed by atoms with E-state index in [1.54, 1.807) is 23.1 Å². The molecule has 1 aliphatic rings. The third kappa shape index (κ3) is 6.54. The van der Waals surface area contributed by atoms with Crippen molar-refractivity contribution in [3.8, 4) is 11.3 Å². The summed E-state index contributed by atoms with van der Waals surface area (Å²) in [5.41, 5.74) is 5.31. The van der Waals surface area contributed by atoms with Crippen molar-refractivity contribution in [2.75, 3.05) is 57.5 Å². The van der Waals surface area contributed by atoms with Crippen LogP contribution < -0.4 is 5.32 Å². The topological polar surface area (TPSA) is 62.1 Å². The minimum atomic E-state index is -0.0670. The molecule has 7 nitrogen and oxygen atoms in total. The van der Waals surface area contributed by atoms with Gasteiger partial charge in [0.1, 0.15) is 0 Å². The van der Waals surface area contributed by atoms with Crippen molar-refractivity contribution in [1.29, 1.82) is 0 Å². The number of benzene rings is 2. The molecule has 1 fully saturated rings. The number of thioether (sulfide) groups is 1. The van der Waals surface area contributed by atoms with E-state index in [1.165, 1.54) is 16.2 Å². The van der Waals surface area contributed by atoms with Gasteiger partial charge in [-0.05, 0) is 37.4 Å². The molecule has 2 aromatic heterocycles. The monoisotopic (exact) mass is 535 g/mol. The van der Waals surface area contributed by atoms with Gasteiger partial charge in [0.25, 0.3) is 0 Å². The molecular formula is C28H33N5O2S2. The van der Waals surface area contributed by atoms with E-state index in [0.717, 1.165) is 61.2 Å². The second-order valence-corrected chi connectivity index (χ2v) is 10.9. The first-order valence-electron chi connectivity index (χ1n) is 12.6. The van der Waals surface area contributed by atoms with Crippen molar-refractivity contribution in [3.05, 3.63) is 71.4 Å². The highest BCUT2D eigenvalue weighted by atomic mass is 32.2. The maximum atomic E-state index is 13.3. The van der Waals surface area contributed by atoms with Gasteiger partial charge < -0.3 is 15.0 Å². The van der Waals surface area contributed by atoms with Gasteiger partial charge in [-0.3, -0.25) is 9.30 Å². The van der Waals surface area contributed by atoms with Crippen LogP contribution in [0.2, 0.25) is 0 Å². The summed E-state index contributed by atoms with van der Waals surface area (Å²) in [6, 6.07) is 16.4. The first-order chi connectivity index (χ1) is 18.1. The summed E-state index contributed by atoms with van der Waals surface area (Å²) in [6.07, 6.45) is 4.91. The lowest BCUT2D eigenvalue weighted by atomic mass is 10.1. The van der Waals surface area contributed by atoms with Gasteiger partial charge in [-0.1, -0.05) is 29.8 Å². The van der Waals surface area contributed by atoms with E-state index >= 15 is 0 Å². The van der Waals surface area contributed by atoms with Crippen molar-refractivity contribution >= 4 is 39.8 Å². The lowest BCUT2D eigenvalue weighted by Gasteiger charge is -2.30. The minimum absolute atomic E-state index is 0.0670. The molecule has 4 aromatic rings. The summed E-state index contributed by atoms with van der Waals surface area (Å²) in [6.45, 7) is 7.55. The average Bonchev–Trinajstić information content (AvgIpc) is 3.52. The van der Waals surface area contributed by atoms with E-state index in [1.807, 2.05) is 35.4 Å². The zero-order valence-corrected chi connectivity index (χ0v) is 23.0. The summed E-state index contributed by atoms with van der Waals surface area (Å²) in [5.74, 6) is 0. The van der Waals surface area contributed by atoms with Crippen LogP contribution in [0.1, 0.15) is 11.3 Å². The maximum absolute atomic E-state index is 13.3. The smallest absolute Gasteiger partial charge is 0.321 e. The summed E-state index contributed by atoms with van der Waals surface area (Å²) < 4.78 is 7.65. The number of urea groups is 1. The van der Waals surface area contributed by atoms with Crippen LogP contribution in [0.15, 0.2) is 65.0 Å². The van der Waals surface area contributed by atoms with Crippen LogP contribution in [0.4, 0.5) is 10.5 Å². The Bertz CT molecular complexity index is 1310. The standard InChI is InChI=1S/C28H33N5O2S2/c1-21-3-5-22(6-4-21)26-19-33-24(20-37-28(33)30-26)11-12-32(14-13-31-15-17-35-18-16-31)27(34)29-23-7-9-25(36-2)10-8-23/h3-10,19-20H,11-18H2,1-2H3,(H,29,34). The maximum Gasteiger partial charge on any atom is 0.321 e. The minimum Gasteiger partial charge on any atom is -0.379 e. The number of carbonyl (C=O) groups is 1. The molecule has 9 heteroatoms. The molecule has 0 saturated carbocycles. The second kappa shape index (κ2) is 12.1. The molecular weight excluding hydrogens is 502 g/mol. The molecule has 1 saturated heterocycles. The van der Waals surface area contributed by atoms with E-state index in [4.69, 9.17) is 9.72 Å². The number of hydrogen-bond acceptors (Lipinski definition) is 6. The fourth-order valence-corrected chi connectivity index (χ4v) is 5.72. The molecule has 2 amide bonds. The first kappa shape index (κ1) is 25.8. The third-order valence-corrected chi connectivity index (χ3v) is 8.32. The Labute approximate surface area is 226 Å². The summed E-state index contributed by atoms with van der Waals surface area (Å²) in [5, 5.41) is 5.25. The average molecular weight is 536 g/mol. The van der Waals surface area contributed by atoms with Crippen LogP contribution in [-0.2, 0) is 11.2 Å². The van der Waals surface area contributed by atoms with Gasteiger partial charge in [-0.15, -0.1) is 23.1 Å². The van der Waals surface area contributed by atoms with Crippen molar-refractivity contribution in [2.45, 2.75) is 18.2 Å². The largest absolute Gasteiger partial charge is 0.379 e. The van der Waals surface area contributed by atoms with Crippen molar-refractivity contribution < 1.29 is 9.53 Å². The number of rotatable bonds is 9. The van der Waals surface area contributed by atoms with E-state index in [-0.39, 0.29) is 6.03 Å². The Morgan fingerprint density at radius 3 is 2.59 bits per heavy atom. The number of thiazole rings is 1. The van der Waals surface area contributed by atoms with Crippen LogP contribution in [0.25, 0.3) is 16.2 Å². The first-order valence-corrected chi connectivity index (χ1v) is 14.7. The number of anilines is 1. The molecule has 1 aliphatic heterocycles. The molecule has 194 valence electrons. The summed E-state index contributed by atoms with van der Waals surface area (Å²) >= 11 is 3.33. The molecule has 0 atom stereocenters. The van der Waals surface area contributed by atoms with Gasteiger partial charge in [0.05, 0.1) is 18.9 Å². The van der Waals surface area contributed by atoms with Gasteiger partial charge in [0.2, 0.25) is 0 Å². The number of ether oxygens (including phenoxy) is 1. The Morgan fingerprint density at radius 1 is 1.11 bits per heavy atom.